The molecule has 0 unspecified atom stereocenters. The van der Waals surface area contributed by atoms with Crippen LogP contribution >= 0.6 is 11.3 Å². The van der Waals surface area contributed by atoms with Crippen LogP contribution < -0.4 is 5.32 Å². The number of carbonyl (C=O) groups excluding carboxylic acids is 1. The Balaban J connectivity index is 1.90. The molecule has 0 fully saturated rings. The molecule has 0 aliphatic heterocycles. The largest absolute Gasteiger partial charge is 0.348 e. The molecular formula is C14H18N4OS. The third-order valence-electron chi connectivity index (χ3n) is 2.76. The highest BCUT2D eigenvalue weighted by atomic mass is 32.1. The Kier molecular flexibility index (Phi) is 5.17. The quantitative estimate of drug-likeness (QED) is 0.886. The van der Waals surface area contributed by atoms with Crippen LogP contribution in [0.15, 0.2) is 24.0 Å². The van der Waals surface area contributed by atoms with Gasteiger partial charge in [-0.15, -0.1) is 11.3 Å². The maximum absolute atomic E-state index is 12.1. The van der Waals surface area contributed by atoms with Crippen LogP contribution in [0.1, 0.15) is 41.5 Å². The molecule has 2 aromatic heterocycles. The van der Waals surface area contributed by atoms with E-state index in [1.54, 1.807) is 18.6 Å². The molecule has 6 heteroatoms. The summed E-state index contributed by atoms with van der Waals surface area (Å²) in [5.74, 6) is -0.125. The molecule has 0 bridgehead atoms. The Morgan fingerprint density at radius 3 is 3.00 bits per heavy atom. The van der Waals surface area contributed by atoms with Crippen molar-refractivity contribution in [2.75, 3.05) is 0 Å². The molecule has 106 valence electrons. The smallest absolute Gasteiger partial charge is 0.270 e. The van der Waals surface area contributed by atoms with Gasteiger partial charge in [-0.3, -0.25) is 14.8 Å². The van der Waals surface area contributed by atoms with Gasteiger partial charge >= 0.3 is 0 Å². The minimum atomic E-state index is -0.125. The molecule has 0 saturated heterocycles. The molecule has 1 N–H and O–H groups in total. The van der Waals surface area contributed by atoms with E-state index in [-0.39, 0.29) is 11.9 Å². The number of hydrogen-bond acceptors (Lipinski definition) is 5. The molecule has 0 aliphatic rings. The minimum absolute atomic E-state index is 0.00414. The normalized spacial score (nSPS) is 12.1. The summed E-state index contributed by atoms with van der Waals surface area (Å²) in [7, 11) is 0. The van der Waals surface area contributed by atoms with Crippen molar-refractivity contribution >= 4 is 17.2 Å². The number of amides is 1. The van der Waals surface area contributed by atoms with Crippen molar-refractivity contribution in [2.24, 2.45) is 0 Å². The van der Waals surface area contributed by atoms with Gasteiger partial charge in [-0.2, -0.15) is 0 Å². The Morgan fingerprint density at radius 1 is 1.45 bits per heavy atom. The van der Waals surface area contributed by atoms with Crippen LogP contribution in [0, 0.1) is 0 Å². The molecule has 2 aromatic rings. The van der Waals surface area contributed by atoms with Gasteiger partial charge in [0, 0.05) is 36.4 Å². The number of rotatable bonds is 6. The highest BCUT2D eigenvalue weighted by molar-refractivity contribution is 7.09. The highest BCUT2D eigenvalue weighted by Gasteiger charge is 2.14. The number of aromatic nitrogens is 3. The van der Waals surface area contributed by atoms with Crippen LogP contribution in [-0.4, -0.2) is 26.9 Å². The third-order valence-corrected chi connectivity index (χ3v) is 3.67. The van der Waals surface area contributed by atoms with E-state index in [0.29, 0.717) is 12.1 Å². The van der Waals surface area contributed by atoms with Crippen molar-refractivity contribution in [1.29, 1.82) is 0 Å². The lowest BCUT2D eigenvalue weighted by Crippen LogP contribution is -2.34. The van der Waals surface area contributed by atoms with Crippen molar-refractivity contribution < 1.29 is 4.79 Å². The fourth-order valence-electron chi connectivity index (χ4n) is 1.84. The zero-order chi connectivity index (χ0) is 14.4. The fourth-order valence-corrected chi connectivity index (χ4v) is 2.72. The topological polar surface area (TPSA) is 67.8 Å². The molecule has 1 amide bonds. The van der Waals surface area contributed by atoms with Crippen LogP contribution in [0.5, 0.6) is 0 Å². The Labute approximate surface area is 122 Å². The first-order valence-corrected chi connectivity index (χ1v) is 7.57. The molecule has 0 aliphatic carbocycles. The van der Waals surface area contributed by atoms with Gasteiger partial charge in [-0.1, -0.05) is 6.92 Å². The second kappa shape index (κ2) is 7.09. The van der Waals surface area contributed by atoms with Crippen LogP contribution in [0.2, 0.25) is 0 Å². The molecule has 0 radical (unpaired) electrons. The average molecular weight is 290 g/mol. The van der Waals surface area contributed by atoms with E-state index in [1.807, 2.05) is 12.3 Å². The minimum Gasteiger partial charge on any atom is -0.348 e. The van der Waals surface area contributed by atoms with Gasteiger partial charge in [-0.05, 0) is 19.8 Å². The number of nitrogens with zero attached hydrogens (tertiary/aromatic N) is 3. The summed E-state index contributed by atoms with van der Waals surface area (Å²) in [6.07, 6.45) is 7.62. The monoisotopic (exact) mass is 290 g/mol. The predicted molar refractivity (Wildman–Crippen MR) is 78.8 cm³/mol. The molecule has 1 atom stereocenters. The fraction of sp³-hybridized carbons (Fsp3) is 0.429. The molecule has 0 saturated carbocycles. The molecular weight excluding hydrogens is 272 g/mol. The Hall–Kier alpha value is -1.82. The van der Waals surface area contributed by atoms with Crippen LogP contribution in [-0.2, 0) is 12.8 Å². The second-order valence-electron chi connectivity index (χ2n) is 4.65. The molecule has 5 nitrogen and oxygen atoms in total. The van der Waals surface area contributed by atoms with Crippen LogP contribution in [0.25, 0.3) is 0 Å². The number of hydrogen-bond donors (Lipinski definition) is 1. The molecule has 2 heterocycles. The molecule has 0 spiro atoms. The number of thiazole rings is 1. The van der Waals surface area contributed by atoms with Gasteiger partial charge in [-0.25, -0.2) is 4.98 Å². The number of nitrogens with one attached hydrogen (secondary N) is 1. The van der Waals surface area contributed by atoms with E-state index in [9.17, 15) is 4.79 Å². The van der Waals surface area contributed by atoms with Gasteiger partial charge in [0.1, 0.15) is 5.69 Å². The van der Waals surface area contributed by atoms with E-state index in [4.69, 9.17) is 0 Å². The zero-order valence-electron chi connectivity index (χ0n) is 11.7. The predicted octanol–water partition coefficient (Wildman–Crippen LogP) is 2.25. The summed E-state index contributed by atoms with van der Waals surface area (Å²) in [5.41, 5.74) is 1.37. The van der Waals surface area contributed by atoms with Crippen LogP contribution in [0.4, 0.5) is 0 Å². The lowest BCUT2D eigenvalue weighted by molar-refractivity contribution is 0.0935. The van der Waals surface area contributed by atoms with Gasteiger partial charge in [0.25, 0.3) is 5.91 Å². The summed E-state index contributed by atoms with van der Waals surface area (Å²) >= 11 is 1.54. The van der Waals surface area contributed by atoms with E-state index < -0.39 is 0 Å². The van der Waals surface area contributed by atoms with E-state index >= 15 is 0 Å². The summed E-state index contributed by atoms with van der Waals surface area (Å²) in [6.45, 7) is 4.05. The average Bonchev–Trinajstić information content (AvgIpc) is 2.89. The van der Waals surface area contributed by atoms with Crippen molar-refractivity contribution in [2.45, 2.75) is 39.2 Å². The first-order chi connectivity index (χ1) is 9.69. The SMILES string of the molecule is CCCc1nc(C(=O)N[C@@H](C)Cc2cnccn2)cs1. The van der Waals surface area contributed by atoms with Gasteiger partial charge in [0.2, 0.25) is 0 Å². The van der Waals surface area contributed by atoms with Crippen molar-refractivity contribution in [3.63, 3.8) is 0 Å². The van der Waals surface area contributed by atoms with Gasteiger partial charge in [0.05, 0.1) is 10.7 Å². The first kappa shape index (κ1) is 14.6. The maximum atomic E-state index is 12.1. The lowest BCUT2D eigenvalue weighted by Gasteiger charge is -2.12. The van der Waals surface area contributed by atoms with Gasteiger partial charge < -0.3 is 5.32 Å². The first-order valence-electron chi connectivity index (χ1n) is 6.69. The van der Waals surface area contributed by atoms with E-state index in [0.717, 1.165) is 23.5 Å². The van der Waals surface area contributed by atoms with Crippen molar-refractivity contribution in [1.82, 2.24) is 20.3 Å². The number of carbonyl (C=O) groups is 1. The van der Waals surface area contributed by atoms with E-state index in [1.165, 1.54) is 11.3 Å². The summed E-state index contributed by atoms with van der Waals surface area (Å²) in [5, 5.41) is 5.77. The maximum Gasteiger partial charge on any atom is 0.270 e. The van der Waals surface area contributed by atoms with Crippen LogP contribution in [0.3, 0.4) is 0 Å². The Bertz CT molecular complexity index is 555. The van der Waals surface area contributed by atoms with Gasteiger partial charge in [0.15, 0.2) is 0 Å². The molecule has 20 heavy (non-hydrogen) atoms. The summed E-state index contributed by atoms with van der Waals surface area (Å²) in [6, 6.07) is -0.00414. The highest BCUT2D eigenvalue weighted by Crippen LogP contribution is 2.12. The van der Waals surface area contributed by atoms with E-state index in [2.05, 4.69) is 27.2 Å². The molecule has 0 aromatic carbocycles. The summed E-state index contributed by atoms with van der Waals surface area (Å²) < 4.78 is 0. The Morgan fingerprint density at radius 2 is 2.30 bits per heavy atom. The number of aryl methyl sites for hydroxylation is 1. The van der Waals surface area contributed by atoms with Crippen molar-refractivity contribution in [3.8, 4) is 0 Å². The summed E-state index contributed by atoms with van der Waals surface area (Å²) in [4.78, 5) is 24.6. The molecule has 2 rings (SSSR count). The third kappa shape index (κ3) is 4.09. The zero-order valence-corrected chi connectivity index (χ0v) is 12.5. The standard InChI is InChI=1S/C14H18N4OS/c1-3-4-13-18-12(9-20-13)14(19)17-10(2)7-11-8-15-5-6-16-11/h5-6,8-10H,3-4,7H2,1-2H3,(H,17,19)/t10-/m0/s1. The van der Waals surface area contributed by atoms with Crippen molar-refractivity contribution in [3.05, 3.63) is 40.4 Å². The lowest BCUT2D eigenvalue weighted by atomic mass is 10.2. The second-order valence-corrected chi connectivity index (χ2v) is 5.59.